The molecular formula is C28H20O4. The van der Waals surface area contributed by atoms with E-state index in [4.69, 9.17) is 9.47 Å². The first-order chi connectivity index (χ1) is 15.6. The number of fused-ring (bicyclic) bond motifs is 3. The molecule has 1 aliphatic rings. The van der Waals surface area contributed by atoms with Crippen LogP contribution in [0.1, 0.15) is 20.7 Å². The Labute approximate surface area is 186 Å². The Hall–Kier alpha value is -4.18. The molecule has 0 heterocycles. The van der Waals surface area contributed by atoms with Crippen LogP contribution in [0.3, 0.4) is 0 Å². The Balaban J connectivity index is 1.64. The molecule has 4 aromatic carbocycles. The molecule has 0 saturated carbocycles. The minimum Gasteiger partial charge on any atom is -0.497 e. The molecule has 4 nitrogen and oxygen atoms in total. The maximum Gasteiger partial charge on any atom is 0.234 e. The van der Waals surface area contributed by atoms with Gasteiger partial charge in [0.2, 0.25) is 11.6 Å². The average Bonchev–Trinajstić information content (AvgIpc) is 2.86. The number of rotatable bonds is 4. The lowest BCUT2D eigenvalue weighted by Gasteiger charge is -2.20. The number of benzene rings is 4. The largest absolute Gasteiger partial charge is 0.497 e. The molecule has 0 aromatic heterocycles. The fourth-order valence-electron chi connectivity index (χ4n) is 4.10. The molecular weight excluding hydrogens is 400 g/mol. The van der Waals surface area contributed by atoms with Crippen molar-refractivity contribution in [2.45, 2.75) is 0 Å². The molecule has 0 saturated heterocycles. The molecule has 0 aliphatic heterocycles. The molecule has 1 aliphatic carbocycles. The smallest absolute Gasteiger partial charge is 0.234 e. The van der Waals surface area contributed by atoms with E-state index in [9.17, 15) is 9.59 Å². The van der Waals surface area contributed by atoms with Gasteiger partial charge in [0.05, 0.1) is 14.2 Å². The molecule has 0 radical (unpaired) electrons. The molecule has 4 heteroatoms. The predicted octanol–water partition coefficient (Wildman–Crippen LogP) is 6.08. The molecule has 156 valence electrons. The lowest BCUT2D eigenvalue weighted by Crippen LogP contribution is -2.21. The number of hydrogen-bond donors (Lipinski definition) is 0. The normalized spacial score (nSPS) is 12.2. The summed E-state index contributed by atoms with van der Waals surface area (Å²) in [7, 11) is 3.27. The SMILES string of the molecule is COc1ccc(-c2ccc3c(c2)-c2cc(-c4ccc(OC)cc4)ccc2C(=O)C3=O)cc1. The third-order valence-corrected chi connectivity index (χ3v) is 5.87. The number of ketones is 2. The highest BCUT2D eigenvalue weighted by Gasteiger charge is 2.30. The molecule has 0 spiro atoms. The standard InChI is InChI=1S/C28H20O4/c1-31-21-9-3-17(4-10-21)19-7-13-23-25(15-19)26-16-20(8-14-24(26)28(30)27(23)29)18-5-11-22(32-2)12-6-18/h3-16H,1-2H3. The van der Waals surface area contributed by atoms with Gasteiger partial charge in [-0.15, -0.1) is 0 Å². The van der Waals surface area contributed by atoms with Crippen molar-refractivity contribution in [3.8, 4) is 44.9 Å². The molecule has 0 N–H and O–H groups in total. The summed E-state index contributed by atoms with van der Waals surface area (Å²) in [5.41, 5.74) is 6.36. The summed E-state index contributed by atoms with van der Waals surface area (Å²) < 4.78 is 10.5. The van der Waals surface area contributed by atoms with E-state index in [1.54, 1.807) is 26.4 Å². The van der Waals surface area contributed by atoms with Gasteiger partial charge in [-0.2, -0.15) is 0 Å². The van der Waals surface area contributed by atoms with Crippen LogP contribution in [0.4, 0.5) is 0 Å². The van der Waals surface area contributed by atoms with Crippen molar-refractivity contribution in [2.75, 3.05) is 14.2 Å². The van der Waals surface area contributed by atoms with Gasteiger partial charge in [0.1, 0.15) is 11.5 Å². The van der Waals surface area contributed by atoms with Crippen LogP contribution in [-0.2, 0) is 0 Å². The monoisotopic (exact) mass is 420 g/mol. The van der Waals surface area contributed by atoms with Crippen molar-refractivity contribution in [1.29, 1.82) is 0 Å². The molecule has 0 fully saturated rings. The van der Waals surface area contributed by atoms with E-state index in [1.807, 2.05) is 72.8 Å². The van der Waals surface area contributed by atoms with Gasteiger partial charge in [0.25, 0.3) is 0 Å². The number of carbonyl (C=O) groups excluding carboxylic acids is 2. The van der Waals surface area contributed by atoms with Crippen LogP contribution in [0.15, 0.2) is 84.9 Å². The summed E-state index contributed by atoms with van der Waals surface area (Å²) in [5, 5.41) is 0. The maximum atomic E-state index is 12.8. The van der Waals surface area contributed by atoms with Gasteiger partial charge >= 0.3 is 0 Å². The van der Waals surface area contributed by atoms with Gasteiger partial charge in [0, 0.05) is 11.1 Å². The van der Waals surface area contributed by atoms with Gasteiger partial charge in [-0.05, 0) is 81.9 Å². The third-order valence-electron chi connectivity index (χ3n) is 5.87. The first-order valence-electron chi connectivity index (χ1n) is 10.3. The molecule has 5 rings (SSSR count). The Morgan fingerprint density at radius 3 is 1.12 bits per heavy atom. The highest BCUT2D eigenvalue weighted by atomic mass is 16.5. The highest BCUT2D eigenvalue weighted by Crippen LogP contribution is 2.39. The summed E-state index contributed by atoms with van der Waals surface area (Å²) in [6, 6.07) is 26.7. The first-order valence-corrected chi connectivity index (χ1v) is 10.3. The number of hydrogen-bond acceptors (Lipinski definition) is 4. The minimum atomic E-state index is -0.467. The molecule has 0 unspecified atom stereocenters. The van der Waals surface area contributed by atoms with E-state index < -0.39 is 11.6 Å². The Kier molecular flexibility index (Phi) is 4.83. The van der Waals surface area contributed by atoms with E-state index in [-0.39, 0.29) is 0 Å². The summed E-state index contributed by atoms with van der Waals surface area (Å²) >= 11 is 0. The Morgan fingerprint density at radius 1 is 0.438 bits per heavy atom. The van der Waals surface area contributed by atoms with Crippen LogP contribution in [-0.4, -0.2) is 25.8 Å². The van der Waals surface area contributed by atoms with Crippen molar-refractivity contribution in [3.63, 3.8) is 0 Å². The van der Waals surface area contributed by atoms with Gasteiger partial charge < -0.3 is 9.47 Å². The van der Waals surface area contributed by atoms with Gasteiger partial charge in [-0.3, -0.25) is 9.59 Å². The maximum absolute atomic E-state index is 12.8. The van der Waals surface area contributed by atoms with Crippen molar-refractivity contribution >= 4 is 11.6 Å². The zero-order valence-electron chi connectivity index (χ0n) is 17.7. The molecule has 32 heavy (non-hydrogen) atoms. The predicted molar refractivity (Wildman–Crippen MR) is 125 cm³/mol. The van der Waals surface area contributed by atoms with E-state index in [1.165, 1.54) is 0 Å². The zero-order chi connectivity index (χ0) is 22.2. The number of carbonyl (C=O) groups is 2. The van der Waals surface area contributed by atoms with Crippen molar-refractivity contribution in [1.82, 2.24) is 0 Å². The second-order valence-corrected chi connectivity index (χ2v) is 7.64. The van der Waals surface area contributed by atoms with E-state index in [0.717, 1.165) is 44.9 Å². The number of Topliss-reactive ketones (excluding diaryl/α,β-unsaturated/α-hetero) is 2. The van der Waals surface area contributed by atoms with Crippen LogP contribution in [0.2, 0.25) is 0 Å². The quantitative estimate of drug-likeness (QED) is 0.375. The Morgan fingerprint density at radius 2 is 0.781 bits per heavy atom. The summed E-state index contributed by atoms with van der Waals surface area (Å²) in [5.74, 6) is 0.626. The fourth-order valence-corrected chi connectivity index (χ4v) is 4.10. The minimum absolute atomic E-state index is 0.437. The second-order valence-electron chi connectivity index (χ2n) is 7.64. The number of methoxy groups -OCH3 is 2. The summed E-state index contributed by atoms with van der Waals surface area (Å²) in [6.45, 7) is 0. The summed E-state index contributed by atoms with van der Waals surface area (Å²) in [6.07, 6.45) is 0. The van der Waals surface area contributed by atoms with Gasteiger partial charge in [-0.25, -0.2) is 0 Å². The van der Waals surface area contributed by atoms with Crippen LogP contribution in [0, 0.1) is 0 Å². The second kappa shape index (κ2) is 7.82. The van der Waals surface area contributed by atoms with E-state index >= 15 is 0 Å². The Bertz CT molecular complexity index is 1240. The lowest BCUT2D eigenvalue weighted by molar-refractivity contribution is 0.0815. The zero-order valence-corrected chi connectivity index (χ0v) is 17.7. The van der Waals surface area contributed by atoms with Crippen LogP contribution in [0.25, 0.3) is 33.4 Å². The topological polar surface area (TPSA) is 52.6 Å². The van der Waals surface area contributed by atoms with Crippen molar-refractivity contribution in [3.05, 3.63) is 96.1 Å². The van der Waals surface area contributed by atoms with Crippen molar-refractivity contribution in [2.24, 2.45) is 0 Å². The average molecular weight is 420 g/mol. The summed E-state index contributed by atoms with van der Waals surface area (Å²) in [4.78, 5) is 25.5. The van der Waals surface area contributed by atoms with Gasteiger partial charge in [0.15, 0.2) is 0 Å². The highest BCUT2D eigenvalue weighted by molar-refractivity contribution is 6.53. The molecule has 0 atom stereocenters. The molecule has 4 aromatic rings. The van der Waals surface area contributed by atoms with Crippen LogP contribution >= 0.6 is 0 Å². The fraction of sp³-hybridized carbons (Fsp3) is 0.0714. The third kappa shape index (κ3) is 3.26. The van der Waals surface area contributed by atoms with Crippen LogP contribution in [0.5, 0.6) is 11.5 Å². The molecule has 0 amide bonds. The van der Waals surface area contributed by atoms with Gasteiger partial charge in [-0.1, -0.05) is 36.4 Å². The molecule has 0 bridgehead atoms. The van der Waals surface area contributed by atoms with E-state index in [2.05, 4.69) is 0 Å². The number of ether oxygens (including phenoxy) is 2. The van der Waals surface area contributed by atoms with E-state index in [0.29, 0.717) is 11.1 Å². The lowest BCUT2D eigenvalue weighted by atomic mass is 9.81. The van der Waals surface area contributed by atoms with Crippen LogP contribution < -0.4 is 9.47 Å². The van der Waals surface area contributed by atoms with Crippen molar-refractivity contribution < 1.29 is 19.1 Å². The first kappa shape index (κ1) is 19.8.